The zero-order chi connectivity index (χ0) is 12.7. The Balaban J connectivity index is 2.48. The van der Waals surface area contributed by atoms with Crippen LogP contribution in [0.5, 0.6) is 0 Å². The van der Waals surface area contributed by atoms with Gasteiger partial charge in [-0.25, -0.2) is 0 Å². The summed E-state index contributed by atoms with van der Waals surface area (Å²) in [5.41, 5.74) is 0. The van der Waals surface area contributed by atoms with E-state index in [0.29, 0.717) is 0 Å². The van der Waals surface area contributed by atoms with Gasteiger partial charge in [0.2, 0.25) is 0 Å². The number of nitrogens with one attached hydrogen (secondary N) is 1. The molecule has 1 rings (SSSR count). The summed E-state index contributed by atoms with van der Waals surface area (Å²) < 4.78 is 0. The third-order valence-corrected chi connectivity index (χ3v) is 4.38. The van der Waals surface area contributed by atoms with Crippen LogP contribution in [0.15, 0.2) is 0 Å². The fraction of sp³-hybridized carbons (Fsp3) is 1.00. The van der Waals surface area contributed by atoms with Crippen LogP contribution in [0.1, 0.15) is 59.8 Å². The second-order valence-electron chi connectivity index (χ2n) is 5.67. The lowest BCUT2D eigenvalue weighted by molar-refractivity contribution is 0.0885. The van der Waals surface area contributed by atoms with Crippen molar-refractivity contribution in [1.82, 2.24) is 10.2 Å². The monoisotopic (exact) mass is 240 g/mol. The molecule has 3 atom stereocenters. The van der Waals surface area contributed by atoms with Gasteiger partial charge in [-0.3, -0.25) is 4.90 Å². The third-order valence-electron chi connectivity index (χ3n) is 4.38. The van der Waals surface area contributed by atoms with Crippen LogP contribution in [0.3, 0.4) is 0 Å². The van der Waals surface area contributed by atoms with Crippen molar-refractivity contribution in [3.05, 3.63) is 0 Å². The van der Waals surface area contributed by atoms with Gasteiger partial charge in [-0.2, -0.15) is 0 Å². The summed E-state index contributed by atoms with van der Waals surface area (Å²) in [5.74, 6) is 0.821. The minimum absolute atomic E-state index is 0.719. The van der Waals surface area contributed by atoms with E-state index in [1.807, 2.05) is 0 Å². The van der Waals surface area contributed by atoms with Crippen molar-refractivity contribution in [3.63, 3.8) is 0 Å². The molecule has 0 saturated carbocycles. The van der Waals surface area contributed by atoms with Gasteiger partial charge >= 0.3 is 0 Å². The number of piperazine rings is 1. The highest BCUT2D eigenvalue weighted by atomic mass is 15.2. The minimum Gasteiger partial charge on any atom is -0.311 e. The molecular formula is C15H32N2. The molecule has 0 aromatic rings. The molecule has 1 N–H and O–H groups in total. The smallest absolute Gasteiger partial charge is 0.0246 e. The topological polar surface area (TPSA) is 15.3 Å². The second-order valence-corrected chi connectivity index (χ2v) is 5.67. The van der Waals surface area contributed by atoms with Gasteiger partial charge in [0.05, 0.1) is 0 Å². The first kappa shape index (κ1) is 15.0. The maximum atomic E-state index is 3.71. The lowest BCUT2D eigenvalue weighted by Crippen LogP contribution is -2.58. The average Bonchev–Trinajstić information content (AvgIpc) is 2.38. The Bertz CT molecular complexity index is 193. The fourth-order valence-corrected chi connectivity index (χ4v) is 2.83. The van der Waals surface area contributed by atoms with Crippen molar-refractivity contribution in [3.8, 4) is 0 Å². The van der Waals surface area contributed by atoms with Crippen LogP contribution in [0.4, 0.5) is 0 Å². The summed E-state index contributed by atoms with van der Waals surface area (Å²) in [6.45, 7) is 13.1. The summed E-state index contributed by atoms with van der Waals surface area (Å²) in [6.07, 6.45) is 6.65. The zero-order valence-corrected chi connectivity index (χ0v) is 12.3. The number of rotatable bonds is 7. The molecule has 1 aliphatic rings. The highest BCUT2D eigenvalue weighted by Gasteiger charge is 2.29. The van der Waals surface area contributed by atoms with E-state index in [4.69, 9.17) is 0 Å². The normalized spacial score (nSPS) is 28.2. The van der Waals surface area contributed by atoms with E-state index in [-0.39, 0.29) is 0 Å². The van der Waals surface area contributed by atoms with Crippen LogP contribution in [0.2, 0.25) is 0 Å². The maximum absolute atomic E-state index is 3.71. The molecule has 0 spiro atoms. The van der Waals surface area contributed by atoms with Gasteiger partial charge < -0.3 is 5.32 Å². The second kappa shape index (κ2) is 8.10. The van der Waals surface area contributed by atoms with E-state index in [1.165, 1.54) is 51.7 Å². The van der Waals surface area contributed by atoms with Crippen LogP contribution in [0.25, 0.3) is 0 Å². The van der Waals surface area contributed by atoms with Crippen molar-refractivity contribution in [2.45, 2.75) is 71.9 Å². The zero-order valence-electron chi connectivity index (χ0n) is 12.3. The summed E-state index contributed by atoms with van der Waals surface area (Å²) >= 11 is 0. The standard InChI is InChI=1S/C15H32N2/c1-5-8-9-10-17-12-14(7-3)16-11-15(17)13(4)6-2/h13-16H,5-12H2,1-4H3. The predicted octanol–water partition coefficient (Wildman–Crippen LogP) is 3.28. The van der Waals surface area contributed by atoms with Gasteiger partial charge in [0.25, 0.3) is 0 Å². The first-order valence-electron chi connectivity index (χ1n) is 7.70. The Labute approximate surface area is 108 Å². The molecule has 3 unspecified atom stereocenters. The first-order chi connectivity index (χ1) is 8.22. The average molecular weight is 240 g/mol. The predicted molar refractivity (Wildman–Crippen MR) is 76.4 cm³/mol. The van der Waals surface area contributed by atoms with Crippen LogP contribution in [0, 0.1) is 5.92 Å². The van der Waals surface area contributed by atoms with E-state index in [9.17, 15) is 0 Å². The molecule has 1 aliphatic heterocycles. The van der Waals surface area contributed by atoms with Crippen molar-refractivity contribution in [2.75, 3.05) is 19.6 Å². The van der Waals surface area contributed by atoms with Gasteiger partial charge in [0.15, 0.2) is 0 Å². The number of hydrogen-bond acceptors (Lipinski definition) is 2. The molecule has 17 heavy (non-hydrogen) atoms. The van der Waals surface area contributed by atoms with Crippen molar-refractivity contribution in [1.29, 1.82) is 0 Å². The third kappa shape index (κ3) is 4.59. The molecule has 102 valence electrons. The largest absolute Gasteiger partial charge is 0.311 e. The number of hydrogen-bond donors (Lipinski definition) is 1. The molecule has 2 heteroatoms. The molecule has 2 nitrogen and oxygen atoms in total. The van der Waals surface area contributed by atoms with E-state index < -0.39 is 0 Å². The molecule has 0 aromatic heterocycles. The van der Waals surface area contributed by atoms with Crippen molar-refractivity contribution >= 4 is 0 Å². The van der Waals surface area contributed by atoms with E-state index in [1.54, 1.807) is 0 Å². The Hall–Kier alpha value is -0.0800. The fourth-order valence-electron chi connectivity index (χ4n) is 2.83. The SMILES string of the molecule is CCCCCN1CC(CC)NCC1C(C)CC. The van der Waals surface area contributed by atoms with E-state index in [0.717, 1.165) is 18.0 Å². The first-order valence-corrected chi connectivity index (χ1v) is 7.70. The molecule has 0 radical (unpaired) electrons. The van der Waals surface area contributed by atoms with Gasteiger partial charge in [0.1, 0.15) is 0 Å². The molecule has 1 fully saturated rings. The summed E-state index contributed by atoms with van der Waals surface area (Å²) in [4.78, 5) is 2.76. The molecular weight excluding hydrogens is 208 g/mol. The quantitative estimate of drug-likeness (QED) is 0.687. The highest BCUT2D eigenvalue weighted by molar-refractivity contribution is 4.87. The Morgan fingerprint density at radius 1 is 1.24 bits per heavy atom. The van der Waals surface area contributed by atoms with Crippen molar-refractivity contribution in [2.24, 2.45) is 5.92 Å². The summed E-state index contributed by atoms with van der Waals surface area (Å²) in [5, 5.41) is 3.71. The molecule has 0 amide bonds. The van der Waals surface area contributed by atoms with Gasteiger partial charge in [-0.15, -0.1) is 0 Å². The molecule has 1 heterocycles. The van der Waals surface area contributed by atoms with Gasteiger partial charge in [-0.1, -0.05) is 47.0 Å². The van der Waals surface area contributed by atoms with E-state index in [2.05, 4.69) is 37.9 Å². The van der Waals surface area contributed by atoms with Gasteiger partial charge in [-0.05, 0) is 25.3 Å². The molecule has 1 saturated heterocycles. The highest BCUT2D eigenvalue weighted by Crippen LogP contribution is 2.19. The maximum Gasteiger partial charge on any atom is 0.0246 e. The Kier molecular flexibility index (Phi) is 7.14. The van der Waals surface area contributed by atoms with E-state index >= 15 is 0 Å². The molecule has 0 aromatic carbocycles. The molecule has 0 aliphatic carbocycles. The minimum atomic E-state index is 0.719. The molecule has 0 bridgehead atoms. The lowest BCUT2D eigenvalue weighted by Gasteiger charge is -2.43. The van der Waals surface area contributed by atoms with Crippen molar-refractivity contribution < 1.29 is 0 Å². The Morgan fingerprint density at radius 3 is 2.59 bits per heavy atom. The van der Waals surface area contributed by atoms with Crippen LogP contribution in [-0.2, 0) is 0 Å². The lowest BCUT2D eigenvalue weighted by atomic mass is 9.93. The van der Waals surface area contributed by atoms with Gasteiger partial charge in [0, 0.05) is 25.2 Å². The Morgan fingerprint density at radius 2 is 2.00 bits per heavy atom. The summed E-state index contributed by atoms with van der Waals surface area (Å²) in [7, 11) is 0. The van der Waals surface area contributed by atoms with Crippen LogP contribution < -0.4 is 5.32 Å². The van der Waals surface area contributed by atoms with Crippen LogP contribution >= 0.6 is 0 Å². The summed E-state index contributed by atoms with van der Waals surface area (Å²) in [6, 6.07) is 1.48. The number of nitrogens with zero attached hydrogens (tertiary/aromatic N) is 1. The van der Waals surface area contributed by atoms with Crippen LogP contribution in [-0.4, -0.2) is 36.6 Å². The number of unbranched alkanes of at least 4 members (excludes halogenated alkanes) is 2.